The summed E-state index contributed by atoms with van der Waals surface area (Å²) in [6.07, 6.45) is 0. The number of anilines is 2. The zero-order valence-electron chi connectivity index (χ0n) is 11.0. The van der Waals surface area contributed by atoms with Gasteiger partial charge in [-0.05, 0) is 31.4 Å². The second-order valence-electron chi connectivity index (χ2n) is 4.87. The molecule has 90 valence electrons. The van der Waals surface area contributed by atoms with Crippen LogP contribution in [0.1, 0.15) is 13.8 Å². The summed E-state index contributed by atoms with van der Waals surface area (Å²) in [5, 5.41) is 6.10. The SMILES string of the molecule is CC(C)Nc1cccc2cccc(N(C)C)c12. The molecule has 0 saturated heterocycles. The molecule has 0 aromatic heterocycles. The topological polar surface area (TPSA) is 15.3 Å². The van der Waals surface area contributed by atoms with Gasteiger partial charge in [0, 0.05) is 36.9 Å². The molecule has 0 aliphatic heterocycles. The van der Waals surface area contributed by atoms with Crippen molar-refractivity contribution in [2.24, 2.45) is 0 Å². The van der Waals surface area contributed by atoms with Gasteiger partial charge in [-0.25, -0.2) is 0 Å². The van der Waals surface area contributed by atoms with E-state index in [2.05, 4.69) is 74.6 Å². The molecule has 0 bridgehead atoms. The Balaban J connectivity index is 2.67. The summed E-state index contributed by atoms with van der Waals surface area (Å²) in [6, 6.07) is 13.3. The van der Waals surface area contributed by atoms with Crippen molar-refractivity contribution in [3.63, 3.8) is 0 Å². The minimum Gasteiger partial charge on any atom is -0.382 e. The lowest BCUT2D eigenvalue weighted by molar-refractivity contribution is 0.901. The van der Waals surface area contributed by atoms with Crippen LogP contribution >= 0.6 is 0 Å². The van der Waals surface area contributed by atoms with Crippen molar-refractivity contribution in [2.75, 3.05) is 24.3 Å². The lowest BCUT2D eigenvalue weighted by Gasteiger charge is -2.19. The van der Waals surface area contributed by atoms with Crippen molar-refractivity contribution >= 4 is 22.1 Å². The Kier molecular flexibility index (Phi) is 3.23. The van der Waals surface area contributed by atoms with Crippen LogP contribution in [0.5, 0.6) is 0 Å². The fourth-order valence-corrected chi connectivity index (χ4v) is 2.13. The monoisotopic (exact) mass is 228 g/mol. The number of fused-ring (bicyclic) bond motifs is 1. The van der Waals surface area contributed by atoms with Crippen LogP contribution in [0.2, 0.25) is 0 Å². The van der Waals surface area contributed by atoms with Gasteiger partial charge in [-0.1, -0.05) is 24.3 Å². The Hall–Kier alpha value is -1.70. The predicted molar refractivity (Wildman–Crippen MR) is 77.0 cm³/mol. The highest BCUT2D eigenvalue weighted by molar-refractivity contribution is 6.03. The van der Waals surface area contributed by atoms with Gasteiger partial charge in [0.1, 0.15) is 0 Å². The van der Waals surface area contributed by atoms with Gasteiger partial charge in [0.05, 0.1) is 0 Å². The highest BCUT2D eigenvalue weighted by Gasteiger charge is 2.08. The summed E-state index contributed by atoms with van der Waals surface area (Å²) >= 11 is 0. The van der Waals surface area contributed by atoms with Crippen LogP contribution in [0.25, 0.3) is 10.8 Å². The molecular weight excluding hydrogens is 208 g/mol. The Bertz CT molecular complexity index is 510. The molecule has 0 spiro atoms. The van der Waals surface area contributed by atoms with Crippen LogP contribution in [0.4, 0.5) is 11.4 Å². The van der Waals surface area contributed by atoms with E-state index in [0.29, 0.717) is 6.04 Å². The van der Waals surface area contributed by atoms with Gasteiger partial charge in [-0.3, -0.25) is 0 Å². The quantitative estimate of drug-likeness (QED) is 0.861. The lowest BCUT2D eigenvalue weighted by Crippen LogP contribution is -2.13. The zero-order chi connectivity index (χ0) is 12.4. The van der Waals surface area contributed by atoms with Gasteiger partial charge >= 0.3 is 0 Å². The second-order valence-corrected chi connectivity index (χ2v) is 4.87. The average Bonchev–Trinajstić information content (AvgIpc) is 2.27. The molecule has 0 fully saturated rings. The average molecular weight is 228 g/mol. The smallest absolute Gasteiger partial charge is 0.0461 e. The summed E-state index contributed by atoms with van der Waals surface area (Å²) in [5.41, 5.74) is 2.47. The van der Waals surface area contributed by atoms with Crippen molar-refractivity contribution in [3.8, 4) is 0 Å². The van der Waals surface area contributed by atoms with Crippen LogP contribution in [-0.4, -0.2) is 20.1 Å². The van der Waals surface area contributed by atoms with Crippen LogP contribution < -0.4 is 10.2 Å². The molecule has 0 atom stereocenters. The molecule has 0 unspecified atom stereocenters. The van der Waals surface area contributed by atoms with Crippen molar-refractivity contribution in [1.29, 1.82) is 0 Å². The Morgan fingerprint density at radius 1 is 1.00 bits per heavy atom. The summed E-state index contributed by atoms with van der Waals surface area (Å²) in [6.45, 7) is 4.33. The fourth-order valence-electron chi connectivity index (χ4n) is 2.13. The maximum atomic E-state index is 3.52. The zero-order valence-corrected chi connectivity index (χ0v) is 11.0. The number of hydrogen-bond acceptors (Lipinski definition) is 2. The molecule has 0 saturated carbocycles. The van der Waals surface area contributed by atoms with Crippen molar-refractivity contribution in [3.05, 3.63) is 36.4 Å². The minimum absolute atomic E-state index is 0.441. The molecular formula is C15H20N2. The highest BCUT2D eigenvalue weighted by Crippen LogP contribution is 2.32. The maximum Gasteiger partial charge on any atom is 0.0461 e. The molecule has 2 aromatic rings. The van der Waals surface area contributed by atoms with Gasteiger partial charge in [-0.2, -0.15) is 0 Å². The fraction of sp³-hybridized carbons (Fsp3) is 0.333. The maximum absolute atomic E-state index is 3.52. The summed E-state index contributed by atoms with van der Waals surface area (Å²) in [4.78, 5) is 2.16. The molecule has 2 heteroatoms. The first-order valence-electron chi connectivity index (χ1n) is 6.05. The van der Waals surface area contributed by atoms with Crippen molar-refractivity contribution < 1.29 is 0 Å². The van der Waals surface area contributed by atoms with E-state index in [1.165, 1.54) is 22.1 Å². The van der Waals surface area contributed by atoms with Crippen LogP contribution in [0.15, 0.2) is 36.4 Å². The van der Waals surface area contributed by atoms with Crippen molar-refractivity contribution in [1.82, 2.24) is 0 Å². The number of rotatable bonds is 3. The molecule has 0 radical (unpaired) electrons. The molecule has 2 aromatic carbocycles. The van der Waals surface area contributed by atoms with E-state index < -0.39 is 0 Å². The summed E-state index contributed by atoms with van der Waals surface area (Å²) < 4.78 is 0. The normalized spacial score (nSPS) is 10.9. The third-order valence-electron chi connectivity index (χ3n) is 2.81. The molecule has 0 aliphatic rings. The van der Waals surface area contributed by atoms with Crippen LogP contribution in [0, 0.1) is 0 Å². The molecule has 0 amide bonds. The summed E-state index contributed by atoms with van der Waals surface area (Å²) in [7, 11) is 4.17. The third-order valence-corrected chi connectivity index (χ3v) is 2.81. The number of nitrogens with one attached hydrogen (secondary N) is 1. The van der Waals surface area contributed by atoms with E-state index in [9.17, 15) is 0 Å². The van der Waals surface area contributed by atoms with Gasteiger partial charge in [0.25, 0.3) is 0 Å². The minimum atomic E-state index is 0.441. The molecule has 2 rings (SSSR count). The predicted octanol–water partition coefficient (Wildman–Crippen LogP) is 3.73. The van der Waals surface area contributed by atoms with Gasteiger partial charge in [0.2, 0.25) is 0 Å². The molecule has 0 aliphatic carbocycles. The first-order valence-corrected chi connectivity index (χ1v) is 6.05. The number of benzene rings is 2. The molecule has 1 N–H and O–H groups in total. The molecule has 17 heavy (non-hydrogen) atoms. The van der Waals surface area contributed by atoms with E-state index in [0.717, 1.165) is 0 Å². The van der Waals surface area contributed by atoms with Crippen LogP contribution in [0.3, 0.4) is 0 Å². The van der Waals surface area contributed by atoms with E-state index in [4.69, 9.17) is 0 Å². The first kappa shape index (κ1) is 11.8. The number of hydrogen-bond donors (Lipinski definition) is 1. The standard InChI is InChI=1S/C15H20N2/c1-11(2)16-13-9-5-7-12-8-6-10-14(15(12)13)17(3)4/h5-11,16H,1-4H3. The molecule has 0 heterocycles. The molecule has 2 nitrogen and oxygen atoms in total. The lowest BCUT2D eigenvalue weighted by atomic mass is 10.1. The third kappa shape index (κ3) is 2.36. The Morgan fingerprint density at radius 3 is 2.24 bits per heavy atom. The second kappa shape index (κ2) is 4.66. The van der Waals surface area contributed by atoms with E-state index in [1.807, 2.05) is 0 Å². The Labute approximate surface area is 103 Å². The van der Waals surface area contributed by atoms with Gasteiger partial charge in [-0.15, -0.1) is 0 Å². The van der Waals surface area contributed by atoms with Gasteiger partial charge in [0.15, 0.2) is 0 Å². The largest absolute Gasteiger partial charge is 0.382 e. The van der Waals surface area contributed by atoms with E-state index in [1.54, 1.807) is 0 Å². The first-order chi connectivity index (χ1) is 8.09. The van der Waals surface area contributed by atoms with E-state index in [-0.39, 0.29) is 0 Å². The Morgan fingerprint density at radius 2 is 1.65 bits per heavy atom. The van der Waals surface area contributed by atoms with E-state index >= 15 is 0 Å². The van der Waals surface area contributed by atoms with Crippen LogP contribution in [-0.2, 0) is 0 Å². The van der Waals surface area contributed by atoms with Crippen molar-refractivity contribution in [2.45, 2.75) is 19.9 Å². The summed E-state index contributed by atoms with van der Waals surface area (Å²) in [5.74, 6) is 0. The number of nitrogens with zero attached hydrogens (tertiary/aromatic N) is 1. The highest BCUT2D eigenvalue weighted by atomic mass is 15.1. The van der Waals surface area contributed by atoms with Gasteiger partial charge < -0.3 is 10.2 Å².